The zero-order chi connectivity index (χ0) is 10.4. The highest BCUT2D eigenvalue weighted by molar-refractivity contribution is 7.96. The summed E-state index contributed by atoms with van der Waals surface area (Å²) in [6, 6.07) is 0. The predicted octanol–water partition coefficient (Wildman–Crippen LogP) is 3.28. The molecule has 0 radical (unpaired) electrons. The van der Waals surface area contributed by atoms with E-state index in [1.165, 1.54) is 25.5 Å². The van der Waals surface area contributed by atoms with Crippen molar-refractivity contribution in [2.45, 2.75) is 26.2 Å². The highest BCUT2D eigenvalue weighted by Crippen LogP contribution is 2.19. The molecule has 1 aliphatic rings. The molecule has 0 aromatic carbocycles. The summed E-state index contributed by atoms with van der Waals surface area (Å²) in [6.45, 7) is 2.18. The van der Waals surface area contributed by atoms with Gasteiger partial charge in [-0.05, 0) is 18.4 Å². The first kappa shape index (κ1) is 12.0. The van der Waals surface area contributed by atoms with Gasteiger partial charge in [0.1, 0.15) is 5.16 Å². The van der Waals surface area contributed by atoms with E-state index in [9.17, 15) is 0 Å². The van der Waals surface area contributed by atoms with E-state index in [2.05, 4.69) is 17.5 Å². The molecule has 6 heteroatoms. The molecule has 1 rings (SSSR count). The number of hydrogen-bond donors (Lipinski definition) is 1. The van der Waals surface area contributed by atoms with Crippen LogP contribution in [0.1, 0.15) is 26.2 Å². The van der Waals surface area contributed by atoms with Crippen molar-refractivity contribution in [3.05, 3.63) is 10.2 Å². The smallest absolute Gasteiger partial charge is 0.143 e. The Balaban J connectivity index is 2.20. The number of allylic oxidation sites excluding steroid dienone is 1. The molecule has 0 aromatic heterocycles. The molecule has 0 saturated carbocycles. The van der Waals surface area contributed by atoms with Gasteiger partial charge in [0, 0.05) is 5.75 Å². The molecule has 1 heterocycles. The van der Waals surface area contributed by atoms with Crippen molar-refractivity contribution >= 4 is 41.4 Å². The summed E-state index contributed by atoms with van der Waals surface area (Å²) >= 11 is 13.1. The van der Waals surface area contributed by atoms with Gasteiger partial charge in [-0.2, -0.15) is 5.10 Å². The molecule has 1 N–H and O–H groups in total. The second-order valence-electron chi connectivity index (χ2n) is 2.83. The van der Waals surface area contributed by atoms with E-state index in [4.69, 9.17) is 23.2 Å². The zero-order valence-corrected chi connectivity index (χ0v) is 10.3. The van der Waals surface area contributed by atoms with Crippen LogP contribution in [0.3, 0.4) is 0 Å². The molecule has 1 aliphatic heterocycles. The highest BCUT2D eigenvalue weighted by atomic mass is 35.5. The Kier molecular flexibility index (Phi) is 5.52. The van der Waals surface area contributed by atoms with E-state index in [0.717, 1.165) is 5.75 Å². The minimum atomic E-state index is 0.421. The van der Waals surface area contributed by atoms with Crippen molar-refractivity contribution in [2.24, 2.45) is 5.10 Å². The van der Waals surface area contributed by atoms with Crippen LogP contribution in [0.25, 0.3) is 0 Å². The van der Waals surface area contributed by atoms with E-state index in [1.54, 1.807) is 16.5 Å². The Hall–Kier alpha value is -0.0600. The van der Waals surface area contributed by atoms with E-state index < -0.39 is 0 Å². The minimum absolute atomic E-state index is 0.421. The number of nitrogens with one attached hydrogen (secondary N) is 1. The van der Waals surface area contributed by atoms with Crippen molar-refractivity contribution in [1.29, 1.82) is 0 Å². The molecule has 0 saturated heterocycles. The summed E-state index contributed by atoms with van der Waals surface area (Å²) in [5.41, 5.74) is 2.85. The van der Waals surface area contributed by atoms with Crippen LogP contribution in [0.5, 0.6) is 0 Å². The number of hydrogen-bond acceptors (Lipinski definition) is 4. The molecule has 0 aliphatic carbocycles. The monoisotopic (exact) mass is 253 g/mol. The van der Waals surface area contributed by atoms with Crippen LogP contribution in [0.2, 0.25) is 0 Å². The molecule has 0 bridgehead atoms. The lowest BCUT2D eigenvalue weighted by atomic mass is 10.3. The van der Waals surface area contributed by atoms with Crippen LogP contribution < -0.4 is 5.43 Å². The van der Waals surface area contributed by atoms with Crippen LogP contribution >= 0.6 is 35.1 Å². The van der Waals surface area contributed by atoms with E-state index in [1.807, 2.05) is 0 Å². The number of hydrazone groups is 1. The summed E-state index contributed by atoms with van der Waals surface area (Å²) in [4.78, 5) is 0. The van der Waals surface area contributed by atoms with E-state index >= 15 is 0 Å². The van der Waals surface area contributed by atoms with Gasteiger partial charge in [0.15, 0.2) is 0 Å². The third-order valence-corrected chi connectivity index (χ3v) is 3.21. The average Bonchev–Trinajstić information content (AvgIpc) is 2.18. The Labute approximate surface area is 98.6 Å². The van der Waals surface area contributed by atoms with Crippen molar-refractivity contribution in [2.75, 3.05) is 5.75 Å². The quantitative estimate of drug-likeness (QED) is 0.463. The van der Waals surface area contributed by atoms with Crippen LogP contribution in [0.15, 0.2) is 15.3 Å². The number of halogens is 2. The molecule has 0 aromatic rings. The summed E-state index contributed by atoms with van der Waals surface area (Å²) in [7, 11) is 0. The van der Waals surface area contributed by atoms with Gasteiger partial charge in [-0.1, -0.05) is 43.0 Å². The molecule has 3 nitrogen and oxygen atoms in total. The third-order valence-electron chi connectivity index (χ3n) is 1.64. The van der Waals surface area contributed by atoms with Crippen LogP contribution in [0.4, 0.5) is 0 Å². The van der Waals surface area contributed by atoms with Crippen molar-refractivity contribution in [1.82, 2.24) is 9.95 Å². The number of nitrogens with zero attached hydrogens (tertiary/aromatic N) is 2. The van der Waals surface area contributed by atoms with E-state index in [-0.39, 0.29) is 0 Å². The Morgan fingerprint density at radius 3 is 2.93 bits per heavy atom. The minimum Gasteiger partial charge on any atom is -0.259 e. The molecule has 80 valence electrons. The molecule has 0 amide bonds. The lowest BCUT2D eigenvalue weighted by Crippen LogP contribution is -2.29. The lowest BCUT2D eigenvalue weighted by molar-refractivity contribution is 0.423. The normalized spacial score (nSPS) is 16.1. The van der Waals surface area contributed by atoms with Crippen LogP contribution in [-0.2, 0) is 0 Å². The van der Waals surface area contributed by atoms with Gasteiger partial charge in [0.2, 0.25) is 0 Å². The first-order valence-corrected chi connectivity index (χ1v) is 6.23. The van der Waals surface area contributed by atoms with Gasteiger partial charge in [-0.25, -0.2) is 0 Å². The highest BCUT2D eigenvalue weighted by Gasteiger charge is 2.10. The molecular weight excluding hydrogens is 241 g/mol. The maximum Gasteiger partial charge on any atom is 0.143 e. The molecule has 14 heavy (non-hydrogen) atoms. The fraction of sp³-hybridized carbons (Fsp3) is 0.625. The maximum atomic E-state index is 5.79. The molecule has 0 spiro atoms. The lowest BCUT2D eigenvalue weighted by Gasteiger charge is -2.21. The summed E-state index contributed by atoms with van der Waals surface area (Å²) < 4.78 is 1.63. The maximum absolute atomic E-state index is 5.79. The molecule has 0 unspecified atom stereocenters. The van der Waals surface area contributed by atoms with E-state index in [0.29, 0.717) is 10.2 Å². The summed E-state index contributed by atoms with van der Waals surface area (Å²) in [5, 5.41) is 4.91. The SMILES string of the molecule is CCCCCSN1N=CC(Cl)=C(Cl)N1. The average molecular weight is 254 g/mol. The van der Waals surface area contributed by atoms with Gasteiger partial charge < -0.3 is 0 Å². The standard InChI is InChI=1S/C8H13Cl2N3S/c1-2-3-4-5-14-13-11-6-7(9)8(10)12-13/h6,12H,2-5H2,1H3. The van der Waals surface area contributed by atoms with Gasteiger partial charge in [-0.15, -0.1) is 4.52 Å². The van der Waals surface area contributed by atoms with Gasteiger partial charge >= 0.3 is 0 Å². The summed E-state index contributed by atoms with van der Waals surface area (Å²) in [6.07, 6.45) is 5.19. The Morgan fingerprint density at radius 2 is 2.29 bits per heavy atom. The number of unbranched alkanes of at least 4 members (excludes halogenated alkanes) is 2. The number of hydrazine groups is 1. The third kappa shape index (κ3) is 3.98. The fourth-order valence-electron chi connectivity index (χ4n) is 0.895. The predicted molar refractivity (Wildman–Crippen MR) is 64.2 cm³/mol. The number of rotatable bonds is 5. The Bertz CT molecular complexity index is 243. The first-order valence-electron chi connectivity index (χ1n) is 4.53. The fourth-order valence-corrected chi connectivity index (χ4v) is 1.94. The topological polar surface area (TPSA) is 27.6 Å². The zero-order valence-electron chi connectivity index (χ0n) is 7.96. The van der Waals surface area contributed by atoms with Gasteiger partial charge in [0.25, 0.3) is 0 Å². The van der Waals surface area contributed by atoms with Gasteiger partial charge in [0.05, 0.1) is 11.2 Å². The molecule has 0 atom stereocenters. The second kappa shape index (κ2) is 6.43. The van der Waals surface area contributed by atoms with Crippen molar-refractivity contribution in [3.8, 4) is 0 Å². The molecule has 0 fully saturated rings. The van der Waals surface area contributed by atoms with Crippen molar-refractivity contribution in [3.63, 3.8) is 0 Å². The van der Waals surface area contributed by atoms with Crippen LogP contribution in [-0.4, -0.2) is 16.5 Å². The molecular formula is C8H13Cl2N3S. The first-order chi connectivity index (χ1) is 6.74. The van der Waals surface area contributed by atoms with Gasteiger partial charge in [-0.3, -0.25) is 5.43 Å². The van der Waals surface area contributed by atoms with Crippen molar-refractivity contribution < 1.29 is 0 Å². The summed E-state index contributed by atoms with van der Waals surface area (Å²) in [5.74, 6) is 1.03. The second-order valence-corrected chi connectivity index (χ2v) is 4.63. The largest absolute Gasteiger partial charge is 0.259 e. The van der Waals surface area contributed by atoms with Crippen LogP contribution in [0, 0.1) is 0 Å². The Morgan fingerprint density at radius 1 is 1.50 bits per heavy atom.